The fourth-order valence-electron chi connectivity index (χ4n) is 2.77. The Morgan fingerprint density at radius 3 is 2.96 bits per heavy atom. The lowest BCUT2D eigenvalue weighted by Gasteiger charge is -2.35. The molecule has 1 amide bonds. The van der Waals surface area contributed by atoms with Crippen molar-refractivity contribution in [2.24, 2.45) is 0 Å². The molecule has 1 fully saturated rings. The van der Waals surface area contributed by atoms with Crippen molar-refractivity contribution < 1.29 is 18.8 Å². The van der Waals surface area contributed by atoms with Crippen molar-refractivity contribution in [1.82, 2.24) is 15.0 Å². The minimum atomic E-state index is -0.408. The molecule has 0 bridgehead atoms. The molecule has 0 spiro atoms. The molecule has 1 aliphatic rings. The number of aromatic nitrogens is 2. The summed E-state index contributed by atoms with van der Waals surface area (Å²) in [5, 5.41) is 3.79. The number of benzene rings is 1. The summed E-state index contributed by atoms with van der Waals surface area (Å²) in [6, 6.07) is 7.21. The molecule has 1 aromatic carbocycles. The molecule has 3 rings (SSSR count). The first-order valence-corrected chi connectivity index (χ1v) is 8.04. The quantitative estimate of drug-likeness (QED) is 0.856. The summed E-state index contributed by atoms with van der Waals surface area (Å²) in [6.45, 7) is 7.04. The Hall–Kier alpha value is -2.41. The van der Waals surface area contributed by atoms with Gasteiger partial charge in [0.15, 0.2) is 11.9 Å². The van der Waals surface area contributed by atoms with Crippen LogP contribution in [0.15, 0.2) is 28.8 Å². The highest BCUT2D eigenvalue weighted by Gasteiger charge is 2.33. The van der Waals surface area contributed by atoms with Crippen LogP contribution in [-0.4, -0.2) is 46.7 Å². The standard InChI is InChI=1S/C17H21N3O4/c1-4-22-14-7-5-6-13(8-14)17(21)20-9-11(2)23-15(10-20)16-18-12(3)19-24-16/h5-8,11,15H,4,9-10H2,1-3H3/t11-,15-/m1/s1. The fourth-order valence-corrected chi connectivity index (χ4v) is 2.77. The normalized spacial score (nSPS) is 20.9. The van der Waals surface area contributed by atoms with Crippen molar-refractivity contribution in [1.29, 1.82) is 0 Å². The fraction of sp³-hybridized carbons (Fsp3) is 0.471. The lowest BCUT2D eigenvalue weighted by atomic mass is 10.1. The number of carbonyl (C=O) groups excluding carboxylic acids is 1. The maximum atomic E-state index is 12.8. The number of nitrogens with zero attached hydrogens (tertiary/aromatic N) is 3. The van der Waals surface area contributed by atoms with Crippen molar-refractivity contribution >= 4 is 5.91 Å². The summed E-state index contributed by atoms with van der Waals surface area (Å²) in [4.78, 5) is 18.8. The zero-order chi connectivity index (χ0) is 17.1. The monoisotopic (exact) mass is 331 g/mol. The molecule has 1 saturated heterocycles. The first kappa shape index (κ1) is 16.4. The number of rotatable bonds is 4. The molecule has 0 N–H and O–H groups in total. The largest absolute Gasteiger partial charge is 0.494 e. The van der Waals surface area contributed by atoms with Gasteiger partial charge in [-0.05, 0) is 39.0 Å². The Kier molecular flexibility index (Phi) is 4.80. The van der Waals surface area contributed by atoms with Crippen molar-refractivity contribution in [3.05, 3.63) is 41.5 Å². The van der Waals surface area contributed by atoms with Gasteiger partial charge < -0.3 is 18.9 Å². The molecular formula is C17H21N3O4. The van der Waals surface area contributed by atoms with E-state index in [2.05, 4.69) is 10.1 Å². The van der Waals surface area contributed by atoms with Gasteiger partial charge in [0.2, 0.25) is 0 Å². The van der Waals surface area contributed by atoms with Crippen molar-refractivity contribution in [2.75, 3.05) is 19.7 Å². The van der Waals surface area contributed by atoms with E-state index in [1.807, 2.05) is 26.0 Å². The van der Waals surface area contributed by atoms with Crippen LogP contribution in [0.2, 0.25) is 0 Å². The summed E-state index contributed by atoms with van der Waals surface area (Å²) in [7, 11) is 0. The van der Waals surface area contributed by atoms with Crippen LogP contribution in [-0.2, 0) is 4.74 Å². The minimum absolute atomic E-state index is 0.0621. The number of hydrogen-bond donors (Lipinski definition) is 0. The third-order valence-electron chi connectivity index (χ3n) is 3.76. The number of aryl methyl sites for hydroxylation is 1. The highest BCUT2D eigenvalue weighted by molar-refractivity contribution is 5.94. The van der Waals surface area contributed by atoms with Gasteiger partial charge in [-0.3, -0.25) is 4.79 Å². The molecule has 1 aliphatic heterocycles. The third kappa shape index (κ3) is 3.56. The van der Waals surface area contributed by atoms with Crippen LogP contribution < -0.4 is 4.74 Å². The Morgan fingerprint density at radius 1 is 1.42 bits per heavy atom. The predicted molar refractivity (Wildman–Crippen MR) is 85.8 cm³/mol. The van der Waals surface area contributed by atoms with Crippen LogP contribution in [0.4, 0.5) is 0 Å². The van der Waals surface area contributed by atoms with Gasteiger partial charge in [-0.25, -0.2) is 0 Å². The Labute approximate surface area is 140 Å². The zero-order valence-corrected chi connectivity index (χ0v) is 14.1. The topological polar surface area (TPSA) is 77.7 Å². The van der Waals surface area contributed by atoms with E-state index in [-0.39, 0.29) is 12.0 Å². The number of ether oxygens (including phenoxy) is 2. The summed E-state index contributed by atoms with van der Waals surface area (Å²) in [5.74, 6) is 1.58. The van der Waals surface area contributed by atoms with E-state index in [1.54, 1.807) is 24.0 Å². The lowest BCUT2D eigenvalue weighted by Crippen LogP contribution is -2.46. The maximum absolute atomic E-state index is 12.8. The molecule has 2 heterocycles. The smallest absolute Gasteiger partial charge is 0.257 e. The average Bonchev–Trinajstić information content (AvgIpc) is 3.01. The first-order chi connectivity index (χ1) is 11.6. The molecule has 0 aliphatic carbocycles. The van der Waals surface area contributed by atoms with Gasteiger partial charge in [0, 0.05) is 12.1 Å². The summed E-state index contributed by atoms with van der Waals surface area (Å²) in [6.07, 6.45) is -0.524. The van der Waals surface area contributed by atoms with Crippen LogP contribution in [0.1, 0.15) is 42.0 Å². The maximum Gasteiger partial charge on any atom is 0.257 e. The third-order valence-corrected chi connectivity index (χ3v) is 3.76. The van der Waals surface area contributed by atoms with E-state index in [4.69, 9.17) is 14.0 Å². The molecule has 0 unspecified atom stereocenters. The minimum Gasteiger partial charge on any atom is -0.494 e. The zero-order valence-electron chi connectivity index (χ0n) is 14.1. The van der Waals surface area contributed by atoms with Gasteiger partial charge in [0.05, 0.1) is 19.3 Å². The van der Waals surface area contributed by atoms with Crippen LogP contribution in [0.25, 0.3) is 0 Å². The molecule has 7 nitrogen and oxygen atoms in total. The van der Waals surface area contributed by atoms with Gasteiger partial charge >= 0.3 is 0 Å². The summed E-state index contributed by atoms with van der Waals surface area (Å²) >= 11 is 0. The Balaban J connectivity index is 1.77. The van der Waals surface area contributed by atoms with E-state index >= 15 is 0 Å². The molecule has 0 radical (unpaired) electrons. The van der Waals surface area contributed by atoms with Gasteiger partial charge in [0.1, 0.15) is 5.75 Å². The molecule has 24 heavy (non-hydrogen) atoms. The summed E-state index contributed by atoms with van der Waals surface area (Å²) in [5.41, 5.74) is 0.593. The van der Waals surface area contributed by atoms with Gasteiger partial charge in [0.25, 0.3) is 11.8 Å². The van der Waals surface area contributed by atoms with E-state index in [0.717, 1.165) is 0 Å². The second-order valence-corrected chi connectivity index (χ2v) is 5.79. The van der Waals surface area contributed by atoms with Gasteiger partial charge in [-0.15, -0.1) is 0 Å². The lowest BCUT2D eigenvalue weighted by molar-refractivity contribution is -0.0810. The van der Waals surface area contributed by atoms with Crippen molar-refractivity contribution in [2.45, 2.75) is 33.0 Å². The van der Waals surface area contributed by atoms with Gasteiger partial charge in [-0.1, -0.05) is 11.2 Å². The van der Waals surface area contributed by atoms with Crippen LogP contribution in [0.3, 0.4) is 0 Å². The van der Waals surface area contributed by atoms with Gasteiger partial charge in [-0.2, -0.15) is 4.98 Å². The highest BCUT2D eigenvalue weighted by atomic mass is 16.5. The summed E-state index contributed by atoms with van der Waals surface area (Å²) < 4.78 is 16.5. The Bertz CT molecular complexity index is 715. The van der Waals surface area contributed by atoms with Crippen molar-refractivity contribution in [3.63, 3.8) is 0 Å². The predicted octanol–water partition coefficient (Wildman–Crippen LogP) is 2.38. The van der Waals surface area contributed by atoms with E-state index in [9.17, 15) is 4.79 Å². The molecule has 1 aromatic heterocycles. The van der Waals surface area contributed by atoms with Crippen molar-refractivity contribution in [3.8, 4) is 5.75 Å². The molecule has 0 saturated carbocycles. The number of carbonyl (C=O) groups is 1. The van der Waals surface area contributed by atoms with E-state index in [1.165, 1.54) is 0 Å². The molecule has 2 atom stereocenters. The second kappa shape index (κ2) is 7.00. The van der Waals surface area contributed by atoms with Crippen LogP contribution >= 0.6 is 0 Å². The second-order valence-electron chi connectivity index (χ2n) is 5.79. The van der Waals surface area contributed by atoms with E-state index < -0.39 is 6.10 Å². The Morgan fingerprint density at radius 2 is 2.25 bits per heavy atom. The van der Waals surface area contributed by atoms with Crippen LogP contribution in [0.5, 0.6) is 5.75 Å². The molecule has 128 valence electrons. The number of hydrogen-bond acceptors (Lipinski definition) is 6. The molecule has 2 aromatic rings. The molecule has 7 heteroatoms. The molecular weight excluding hydrogens is 310 g/mol. The highest BCUT2D eigenvalue weighted by Crippen LogP contribution is 2.25. The first-order valence-electron chi connectivity index (χ1n) is 8.04. The number of amides is 1. The SMILES string of the molecule is CCOc1cccc(C(=O)N2C[C@@H](C)O[C@@H](c3nc(C)no3)C2)c1. The van der Waals surface area contributed by atoms with E-state index in [0.29, 0.717) is 42.7 Å². The number of morpholine rings is 1. The average molecular weight is 331 g/mol. The van der Waals surface area contributed by atoms with Crippen LogP contribution in [0, 0.1) is 6.92 Å².